The standard InChI is InChI=1S/C73H50N2S/c1-73(2)63-46-66(75(65-39-20-28-50-26-10-12-34-57(50)65)54-32-18-30-52(44-54)48-23-7-4-8-24-48)72-69(61-37-15-16-40-67(61)76-72)70(63)68-59-36-14-13-35-58(59)62-45-55(41-42-60(62)71(68)73)74(64-38-19-27-49-25-9-11-33-56(49)64)53-31-17-29-51(43-53)47-21-5-3-6-22-47/h3-46H,1-2H3. The lowest BCUT2D eigenvalue weighted by atomic mass is 9.79. The highest BCUT2D eigenvalue weighted by Crippen LogP contribution is 2.61. The van der Waals surface area contributed by atoms with Gasteiger partial charge >= 0.3 is 0 Å². The smallest absolute Gasteiger partial charge is 0.0644 e. The van der Waals surface area contributed by atoms with E-state index in [1.807, 2.05) is 11.3 Å². The van der Waals surface area contributed by atoms with Gasteiger partial charge in [0.15, 0.2) is 0 Å². The number of rotatable bonds is 8. The van der Waals surface area contributed by atoms with Crippen molar-refractivity contribution in [2.45, 2.75) is 19.3 Å². The summed E-state index contributed by atoms with van der Waals surface area (Å²) in [5, 5.41) is 12.5. The lowest BCUT2D eigenvalue weighted by Crippen LogP contribution is -2.17. The normalized spacial score (nSPS) is 12.7. The van der Waals surface area contributed by atoms with Crippen LogP contribution in [0.1, 0.15) is 25.0 Å². The lowest BCUT2D eigenvalue weighted by Gasteiger charge is -2.30. The maximum Gasteiger partial charge on any atom is 0.0644 e. The Morgan fingerprint density at radius 1 is 0.316 bits per heavy atom. The van der Waals surface area contributed by atoms with Crippen molar-refractivity contribution in [1.29, 1.82) is 0 Å². The molecule has 0 radical (unpaired) electrons. The zero-order chi connectivity index (χ0) is 50.5. The Bertz CT molecular complexity index is 4620. The monoisotopic (exact) mass is 986 g/mol. The molecule has 0 saturated carbocycles. The number of benzene rings is 13. The minimum absolute atomic E-state index is 0.393. The molecule has 0 atom stereocenters. The van der Waals surface area contributed by atoms with Crippen molar-refractivity contribution in [3.05, 3.63) is 278 Å². The molecule has 2 nitrogen and oxygen atoms in total. The zero-order valence-electron chi connectivity index (χ0n) is 42.2. The van der Waals surface area contributed by atoms with Gasteiger partial charge in [0.1, 0.15) is 0 Å². The van der Waals surface area contributed by atoms with Crippen molar-refractivity contribution in [2.24, 2.45) is 0 Å². The third-order valence-electron chi connectivity index (χ3n) is 16.1. The number of anilines is 6. The summed E-state index contributed by atoms with van der Waals surface area (Å²) in [7, 11) is 0. The maximum atomic E-state index is 2.57. The summed E-state index contributed by atoms with van der Waals surface area (Å²) in [4.78, 5) is 5.03. The van der Waals surface area contributed by atoms with Gasteiger partial charge in [0, 0.05) is 48.7 Å². The van der Waals surface area contributed by atoms with Crippen LogP contribution in [0.2, 0.25) is 0 Å². The molecule has 0 N–H and O–H groups in total. The van der Waals surface area contributed by atoms with Crippen LogP contribution in [0.15, 0.2) is 267 Å². The van der Waals surface area contributed by atoms with E-state index >= 15 is 0 Å². The third-order valence-corrected chi connectivity index (χ3v) is 17.3. The number of nitrogens with zero attached hydrogens (tertiary/aromatic N) is 2. The Morgan fingerprint density at radius 3 is 1.45 bits per heavy atom. The first-order valence-corrected chi connectivity index (χ1v) is 27.1. The number of thiophene rings is 1. The quantitative estimate of drug-likeness (QED) is 0.140. The van der Waals surface area contributed by atoms with Crippen LogP contribution in [0.3, 0.4) is 0 Å². The fourth-order valence-corrected chi connectivity index (χ4v) is 13.9. The molecule has 14 aromatic rings. The molecule has 1 aliphatic carbocycles. The molecule has 0 unspecified atom stereocenters. The van der Waals surface area contributed by atoms with Gasteiger partial charge in [-0.25, -0.2) is 0 Å². The van der Waals surface area contributed by atoms with Crippen LogP contribution in [0.4, 0.5) is 34.1 Å². The van der Waals surface area contributed by atoms with Gasteiger partial charge in [-0.2, -0.15) is 0 Å². The van der Waals surface area contributed by atoms with Crippen molar-refractivity contribution in [3.63, 3.8) is 0 Å². The van der Waals surface area contributed by atoms with Gasteiger partial charge in [-0.15, -0.1) is 11.3 Å². The van der Waals surface area contributed by atoms with Gasteiger partial charge in [0.2, 0.25) is 0 Å². The molecule has 0 amide bonds. The van der Waals surface area contributed by atoms with Crippen molar-refractivity contribution in [3.8, 4) is 33.4 Å². The van der Waals surface area contributed by atoms with Gasteiger partial charge in [0.25, 0.3) is 0 Å². The van der Waals surface area contributed by atoms with E-state index in [1.165, 1.54) is 113 Å². The molecule has 3 heteroatoms. The van der Waals surface area contributed by atoms with Gasteiger partial charge in [-0.1, -0.05) is 220 Å². The van der Waals surface area contributed by atoms with Crippen molar-refractivity contribution in [2.75, 3.05) is 9.80 Å². The van der Waals surface area contributed by atoms with Crippen LogP contribution in [0, 0.1) is 0 Å². The Labute approximate surface area is 446 Å². The average Bonchev–Trinajstić information content (AvgIpc) is 4.22. The van der Waals surface area contributed by atoms with E-state index in [2.05, 4.69) is 291 Å². The summed E-state index contributed by atoms with van der Waals surface area (Å²) < 4.78 is 2.57. The van der Waals surface area contributed by atoms with E-state index in [1.54, 1.807) is 0 Å². The van der Waals surface area contributed by atoms with E-state index in [-0.39, 0.29) is 0 Å². The molecule has 0 fully saturated rings. The lowest BCUT2D eigenvalue weighted by molar-refractivity contribution is 0.667. The molecule has 0 saturated heterocycles. The van der Waals surface area contributed by atoms with E-state index in [0.29, 0.717) is 0 Å². The minimum atomic E-state index is -0.393. The molecule has 13 aromatic carbocycles. The van der Waals surface area contributed by atoms with Crippen LogP contribution >= 0.6 is 11.3 Å². The second-order valence-electron chi connectivity index (χ2n) is 20.8. The predicted molar refractivity (Wildman–Crippen MR) is 327 cm³/mol. The topological polar surface area (TPSA) is 6.48 Å². The van der Waals surface area contributed by atoms with Crippen LogP contribution in [-0.4, -0.2) is 0 Å². The fraction of sp³-hybridized carbons (Fsp3) is 0.0411. The van der Waals surface area contributed by atoms with Crippen molar-refractivity contribution < 1.29 is 0 Å². The van der Waals surface area contributed by atoms with E-state index in [4.69, 9.17) is 0 Å². The summed E-state index contributed by atoms with van der Waals surface area (Å²) in [6.45, 7) is 4.94. The maximum absolute atomic E-state index is 2.57. The molecule has 1 aliphatic rings. The van der Waals surface area contributed by atoms with Gasteiger partial charge in [-0.3, -0.25) is 0 Å². The van der Waals surface area contributed by atoms with Gasteiger partial charge < -0.3 is 9.80 Å². The fourth-order valence-electron chi connectivity index (χ4n) is 12.7. The predicted octanol–water partition coefficient (Wildman–Crippen LogP) is 21.2. The first-order chi connectivity index (χ1) is 37.5. The molecular weight excluding hydrogens is 937 g/mol. The summed E-state index contributed by atoms with van der Waals surface area (Å²) in [6.07, 6.45) is 0. The van der Waals surface area contributed by atoms with Gasteiger partial charge in [0.05, 0.1) is 21.8 Å². The first kappa shape index (κ1) is 44.2. The number of fused-ring (bicyclic) bond motifs is 14. The van der Waals surface area contributed by atoms with Crippen LogP contribution in [-0.2, 0) is 5.41 Å². The second-order valence-corrected chi connectivity index (χ2v) is 21.8. The second kappa shape index (κ2) is 17.4. The Balaban J connectivity index is 1.00. The minimum Gasteiger partial charge on any atom is -0.310 e. The SMILES string of the molecule is CC1(C)c2cc(N(c3cccc(-c4ccccc4)c3)c3cccc4ccccc34)c3sc4ccccc4c3c2-c2c1c1ccc(N(c3cccc(-c4ccccc4)c3)c3cccc4ccccc34)cc1c1ccccc21. The van der Waals surface area contributed by atoms with Crippen LogP contribution in [0.5, 0.6) is 0 Å². The number of hydrogen-bond acceptors (Lipinski definition) is 3. The molecule has 1 heterocycles. The molecular formula is C73H50N2S. The summed E-state index contributed by atoms with van der Waals surface area (Å²) in [5.74, 6) is 0. The molecule has 76 heavy (non-hydrogen) atoms. The van der Waals surface area contributed by atoms with Gasteiger partial charge in [-0.05, 0) is 137 Å². The summed E-state index contributed by atoms with van der Waals surface area (Å²) in [5.41, 5.74) is 16.6. The Hall–Kier alpha value is -9.28. The van der Waals surface area contributed by atoms with Crippen LogP contribution < -0.4 is 9.80 Å². The molecule has 1 aromatic heterocycles. The number of hydrogen-bond donors (Lipinski definition) is 0. The Morgan fingerprint density at radius 2 is 0.803 bits per heavy atom. The zero-order valence-corrected chi connectivity index (χ0v) is 43.0. The molecule has 0 spiro atoms. The van der Waals surface area contributed by atoms with E-state index < -0.39 is 5.41 Å². The van der Waals surface area contributed by atoms with Crippen LogP contribution in [0.25, 0.3) is 96.6 Å². The highest BCUT2D eigenvalue weighted by Gasteiger charge is 2.42. The molecule has 0 aliphatic heterocycles. The third kappa shape index (κ3) is 6.86. The van der Waals surface area contributed by atoms with E-state index in [0.717, 1.165) is 28.4 Å². The first-order valence-electron chi connectivity index (χ1n) is 26.3. The molecule has 15 rings (SSSR count). The van der Waals surface area contributed by atoms with Crippen molar-refractivity contribution >= 4 is 109 Å². The van der Waals surface area contributed by atoms with E-state index in [9.17, 15) is 0 Å². The molecule has 0 bridgehead atoms. The average molecular weight is 987 g/mol. The summed E-state index contributed by atoms with van der Waals surface area (Å²) in [6, 6.07) is 98.8. The Kier molecular flexibility index (Phi) is 10.1. The highest BCUT2D eigenvalue weighted by atomic mass is 32.1. The summed E-state index contributed by atoms with van der Waals surface area (Å²) >= 11 is 1.92. The highest BCUT2D eigenvalue weighted by molar-refractivity contribution is 7.26. The largest absolute Gasteiger partial charge is 0.310 e. The van der Waals surface area contributed by atoms with Crippen molar-refractivity contribution in [1.82, 2.24) is 0 Å². The molecule has 358 valence electrons.